The molecule has 0 unspecified atom stereocenters. The first-order valence-corrected chi connectivity index (χ1v) is 7.41. The number of benzene rings is 1. The van der Waals surface area contributed by atoms with Crippen molar-refractivity contribution >= 4 is 5.69 Å². The number of nitrogen functional groups attached to an aromatic ring is 1. The van der Waals surface area contributed by atoms with E-state index in [0.717, 1.165) is 36.5 Å². The van der Waals surface area contributed by atoms with Crippen LogP contribution in [0.1, 0.15) is 37.7 Å². The maximum absolute atomic E-state index is 5.96. The van der Waals surface area contributed by atoms with E-state index in [9.17, 15) is 0 Å². The molecule has 18 heavy (non-hydrogen) atoms. The molecule has 2 saturated carbocycles. The molecule has 0 aromatic heterocycles. The van der Waals surface area contributed by atoms with Crippen LogP contribution in [0.25, 0.3) is 0 Å². The molecule has 0 saturated heterocycles. The van der Waals surface area contributed by atoms with E-state index in [1.807, 2.05) is 12.1 Å². The Balaban J connectivity index is 1.40. The van der Waals surface area contributed by atoms with Crippen molar-refractivity contribution in [2.45, 2.75) is 44.6 Å². The van der Waals surface area contributed by atoms with Gasteiger partial charge in [-0.3, -0.25) is 0 Å². The molecule has 98 valence electrons. The highest BCUT2D eigenvalue weighted by Crippen LogP contribution is 2.44. The van der Waals surface area contributed by atoms with Crippen molar-refractivity contribution in [3.8, 4) is 0 Å². The van der Waals surface area contributed by atoms with Crippen LogP contribution in [0.2, 0.25) is 0 Å². The van der Waals surface area contributed by atoms with Crippen LogP contribution in [-0.4, -0.2) is 12.6 Å². The van der Waals surface area contributed by atoms with Gasteiger partial charge in [0, 0.05) is 11.7 Å². The molecule has 1 aromatic carbocycles. The minimum absolute atomic E-state index is 0.832. The summed E-state index contributed by atoms with van der Waals surface area (Å²) in [7, 11) is 0. The Bertz CT molecular complexity index is 382. The zero-order valence-corrected chi connectivity index (χ0v) is 11.1. The van der Waals surface area contributed by atoms with Crippen molar-refractivity contribution in [3.63, 3.8) is 0 Å². The summed E-state index contributed by atoms with van der Waals surface area (Å²) in [6.07, 6.45) is 8.13. The standard InChI is InChI=1S/C16H24N2/c17-15-6-2-1-4-12(15)5-3-11-18-16(13-7-8-13)14-9-10-14/h1-2,4,6,13-14,16,18H,3,5,7-11,17H2. The van der Waals surface area contributed by atoms with Crippen molar-refractivity contribution in [1.29, 1.82) is 0 Å². The first-order valence-electron chi connectivity index (χ1n) is 7.41. The molecule has 0 heterocycles. The van der Waals surface area contributed by atoms with E-state index in [0.29, 0.717) is 0 Å². The molecule has 2 nitrogen and oxygen atoms in total. The van der Waals surface area contributed by atoms with Gasteiger partial charge in [-0.05, 0) is 68.5 Å². The molecular formula is C16H24N2. The Morgan fingerprint density at radius 1 is 1.11 bits per heavy atom. The van der Waals surface area contributed by atoms with Crippen LogP contribution >= 0.6 is 0 Å². The van der Waals surface area contributed by atoms with Gasteiger partial charge < -0.3 is 11.1 Å². The van der Waals surface area contributed by atoms with Crippen molar-refractivity contribution in [3.05, 3.63) is 29.8 Å². The number of rotatable bonds is 7. The number of aryl methyl sites for hydroxylation is 1. The molecule has 2 aliphatic rings. The van der Waals surface area contributed by atoms with Crippen LogP contribution in [0.15, 0.2) is 24.3 Å². The Kier molecular flexibility index (Phi) is 3.55. The number of anilines is 1. The van der Waals surface area contributed by atoms with Crippen LogP contribution in [-0.2, 0) is 6.42 Å². The normalized spacial score (nSPS) is 19.4. The predicted octanol–water partition coefficient (Wildman–Crippen LogP) is 2.98. The highest BCUT2D eigenvalue weighted by molar-refractivity contribution is 5.46. The fraction of sp³-hybridized carbons (Fsp3) is 0.625. The Hall–Kier alpha value is -1.02. The zero-order valence-electron chi connectivity index (χ0n) is 11.1. The SMILES string of the molecule is Nc1ccccc1CCCNC(C1CC1)C1CC1. The lowest BCUT2D eigenvalue weighted by molar-refractivity contribution is 0.414. The zero-order chi connectivity index (χ0) is 12.4. The van der Waals surface area contributed by atoms with E-state index in [1.54, 1.807) is 0 Å². The average Bonchev–Trinajstić information content (AvgIpc) is 3.25. The summed E-state index contributed by atoms with van der Waals surface area (Å²) in [6.45, 7) is 1.14. The van der Waals surface area contributed by atoms with E-state index >= 15 is 0 Å². The van der Waals surface area contributed by atoms with Gasteiger partial charge in [-0.2, -0.15) is 0 Å². The molecule has 3 rings (SSSR count). The monoisotopic (exact) mass is 244 g/mol. The van der Waals surface area contributed by atoms with Crippen molar-refractivity contribution in [2.24, 2.45) is 11.8 Å². The topological polar surface area (TPSA) is 38.0 Å². The number of para-hydroxylation sites is 1. The van der Waals surface area contributed by atoms with Gasteiger partial charge in [-0.1, -0.05) is 18.2 Å². The van der Waals surface area contributed by atoms with E-state index in [-0.39, 0.29) is 0 Å². The van der Waals surface area contributed by atoms with E-state index in [4.69, 9.17) is 5.73 Å². The van der Waals surface area contributed by atoms with Gasteiger partial charge in [-0.15, -0.1) is 0 Å². The van der Waals surface area contributed by atoms with Crippen LogP contribution < -0.4 is 11.1 Å². The molecule has 0 radical (unpaired) electrons. The van der Waals surface area contributed by atoms with Crippen LogP contribution in [0.5, 0.6) is 0 Å². The van der Waals surface area contributed by atoms with Crippen molar-refractivity contribution in [2.75, 3.05) is 12.3 Å². The van der Waals surface area contributed by atoms with Crippen molar-refractivity contribution in [1.82, 2.24) is 5.32 Å². The third-order valence-electron chi connectivity index (χ3n) is 4.32. The molecule has 2 aliphatic carbocycles. The summed E-state index contributed by atoms with van der Waals surface area (Å²) in [5.74, 6) is 2.00. The van der Waals surface area contributed by atoms with Crippen LogP contribution in [0, 0.1) is 11.8 Å². The second kappa shape index (κ2) is 5.31. The largest absolute Gasteiger partial charge is 0.399 e. The number of nitrogens with two attached hydrogens (primary N) is 1. The van der Waals surface area contributed by atoms with Crippen LogP contribution in [0.4, 0.5) is 5.69 Å². The molecule has 0 amide bonds. The van der Waals surface area contributed by atoms with Gasteiger partial charge in [0.25, 0.3) is 0 Å². The summed E-state index contributed by atoms with van der Waals surface area (Å²) >= 11 is 0. The summed E-state index contributed by atoms with van der Waals surface area (Å²) in [5.41, 5.74) is 8.20. The van der Waals surface area contributed by atoms with Gasteiger partial charge in [0.1, 0.15) is 0 Å². The van der Waals surface area contributed by atoms with Gasteiger partial charge in [-0.25, -0.2) is 0 Å². The minimum Gasteiger partial charge on any atom is -0.399 e. The highest BCUT2D eigenvalue weighted by atomic mass is 14.9. The maximum atomic E-state index is 5.96. The lowest BCUT2D eigenvalue weighted by Crippen LogP contribution is -2.34. The average molecular weight is 244 g/mol. The third-order valence-corrected chi connectivity index (χ3v) is 4.32. The van der Waals surface area contributed by atoms with Crippen LogP contribution in [0.3, 0.4) is 0 Å². The molecule has 0 spiro atoms. The molecule has 3 N–H and O–H groups in total. The number of hydrogen-bond acceptors (Lipinski definition) is 2. The number of nitrogens with one attached hydrogen (secondary N) is 1. The minimum atomic E-state index is 0.832. The molecule has 0 atom stereocenters. The van der Waals surface area contributed by atoms with Gasteiger partial charge in [0.05, 0.1) is 0 Å². The molecule has 2 heteroatoms. The van der Waals surface area contributed by atoms with Crippen molar-refractivity contribution < 1.29 is 0 Å². The first kappa shape index (κ1) is 12.0. The molecule has 2 fully saturated rings. The Morgan fingerprint density at radius 2 is 1.78 bits per heavy atom. The fourth-order valence-corrected chi connectivity index (χ4v) is 2.94. The van der Waals surface area contributed by atoms with Gasteiger partial charge in [0.2, 0.25) is 0 Å². The third kappa shape index (κ3) is 3.05. The quantitative estimate of drug-likeness (QED) is 0.571. The van der Waals surface area contributed by atoms with E-state index < -0.39 is 0 Å². The van der Waals surface area contributed by atoms with E-state index in [2.05, 4.69) is 17.4 Å². The van der Waals surface area contributed by atoms with Gasteiger partial charge >= 0.3 is 0 Å². The number of hydrogen-bond donors (Lipinski definition) is 2. The predicted molar refractivity (Wildman–Crippen MR) is 76.4 cm³/mol. The molecular weight excluding hydrogens is 220 g/mol. The summed E-state index contributed by atoms with van der Waals surface area (Å²) in [5, 5.41) is 3.79. The smallest absolute Gasteiger partial charge is 0.0346 e. The summed E-state index contributed by atoms with van der Waals surface area (Å²) in [6, 6.07) is 9.07. The van der Waals surface area contributed by atoms with E-state index in [1.165, 1.54) is 37.7 Å². The molecule has 0 bridgehead atoms. The Morgan fingerprint density at radius 3 is 2.39 bits per heavy atom. The maximum Gasteiger partial charge on any atom is 0.0346 e. The molecule has 0 aliphatic heterocycles. The Labute approximate surface area is 110 Å². The highest BCUT2D eigenvalue weighted by Gasteiger charge is 2.40. The fourth-order valence-electron chi connectivity index (χ4n) is 2.94. The molecule has 1 aromatic rings. The second-order valence-electron chi connectivity index (χ2n) is 5.96. The van der Waals surface area contributed by atoms with Gasteiger partial charge in [0.15, 0.2) is 0 Å². The first-order chi connectivity index (χ1) is 8.84. The lowest BCUT2D eigenvalue weighted by atomic mass is 10.1. The second-order valence-corrected chi connectivity index (χ2v) is 5.96. The summed E-state index contributed by atoms with van der Waals surface area (Å²) < 4.78 is 0. The lowest BCUT2D eigenvalue weighted by Gasteiger charge is -2.17. The summed E-state index contributed by atoms with van der Waals surface area (Å²) in [4.78, 5) is 0.